The van der Waals surface area contributed by atoms with E-state index in [1.807, 2.05) is 48.5 Å². The summed E-state index contributed by atoms with van der Waals surface area (Å²) in [5.74, 6) is 0.265. The number of fused-ring (bicyclic) bond motifs is 4. The van der Waals surface area contributed by atoms with Crippen LogP contribution in [0.25, 0.3) is 11.0 Å². The highest BCUT2D eigenvalue weighted by molar-refractivity contribution is 5.77. The SMILES string of the molecule is O=C(Cn1nc2ccccc2n1)N1CCOCCOc2ccc(F)cc2Cc2cccc(c2)C1. The molecule has 5 rings (SSSR count). The molecule has 0 N–H and O–H groups in total. The van der Waals surface area contributed by atoms with Gasteiger partial charge in [-0.2, -0.15) is 15.0 Å². The lowest BCUT2D eigenvalue weighted by molar-refractivity contribution is -0.133. The first-order valence-corrected chi connectivity index (χ1v) is 11.3. The molecule has 0 aliphatic carbocycles. The summed E-state index contributed by atoms with van der Waals surface area (Å²) in [4.78, 5) is 16.4. The van der Waals surface area contributed by atoms with E-state index < -0.39 is 0 Å². The Bertz CT molecular complexity index is 1270. The second-order valence-corrected chi connectivity index (χ2v) is 8.24. The number of nitrogens with zero attached hydrogens (tertiary/aromatic N) is 4. The van der Waals surface area contributed by atoms with Crippen LogP contribution in [0.5, 0.6) is 5.75 Å². The van der Waals surface area contributed by atoms with Crippen LogP contribution in [0.3, 0.4) is 0 Å². The zero-order valence-electron chi connectivity index (χ0n) is 18.7. The minimum Gasteiger partial charge on any atom is -0.491 e. The average molecular weight is 461 g/mol. The van der Waals surface area contributed by atoms with Gasteiger partial charge < -0.3 is 14.4 Å². The van der Waals surface area contributed by atoms with Crippen molar-refractivity contribution in [3.63, 3.8) is 0 Å². The predicted octanol–water partition coefficient (Wildman–Crippen LogP) is 3.60. The number of hydrogen-bond acceptors (Lipinski definition) is 5. The van der Waals surface area contributed by atoms with Crippen molar-refractivity contribution in [1.82, 2.24) is 19.9 Å². The molecule has 7 nitrogen and oxygen atoms in total. The maximum Gasteiger partial charge on any atom is 0.246 e. The number of carbonyl (C=O) groups is 1. The fraction of sp³-hybridized carbons (Fsp3) is 0.269. The van der Waals surface area contributed by atoms with Gasteiger partial charge in [-0.15, -0.1) is 0 Å². The predicted molar refractivity (Wildman–Crippen MR) is 125 cm³/mol. The summed E-state index contributed by atoms with van der Waals surface area (Å²) in [5.41, 5.74) is 4.29. The van der Waals surface area contributed by atoms with Crippen molar-refractivity contribution in [1.29, 1.82) is 0 Å². The van der Waals surface area contributed by atoms with Gasteiger partial charge in [0.2, 0.25) is 5.91 Å². The van der Waals surface area contributed by atoms with E-state index in [9.17, 15) is 9.18 Å². The van der Waals surface area contributed by atoms with Crippen LogP contribution in [0.4, 0.5) is 4.39 Å². The Balaban J connectivity index is 1.37. The van der Waals surface area contributed by atoms with Crippen LogP contribution < -0.4 is 4.74 Å². The fourth-order valence-corrected chi connectivity index (χ4v) is 4.08. The van der Waals surface area contributed by atoms with Crippen LogP contribution in [-0.4, -0.2) is 52.2 Å². The Morgan fingerprint density at radius 2 is 1.71 bits per heavy atom. The third-order valence-corrected chi connectivity index (χ3v) is 5.73. The van der Waals surface area contributed by atoms with Gasteiger partial charge in [0.05, 0.1) is 13.2 Å². The molecule has 1 aliphatic rings. The minimum atomic E-state index is -0.299. The van der Waals surface area contributed by atoms with E-state index >= 15 is 0 Å². The molecule has 2 heterocycles. The van der Waals surface area contributed by atoms with Crippen molar-refractivity contribution >= 4 is 16.9 Å². The summed E-state index contributed by atoms with van der Waals surface area (Å²) >= 11 is 0. The second kappa shape index (κ2) is 10.0. The van der Waals surface area contributed by atoms with Gasteiger partial charge in [-0.3, -0.25) is 4.79 Å². The van der Waals surface area contributed by atoms with Gasteiger partial charge >= 0.3 is 0 Å². The number of aromatic nitrogens is 3. The molecular formula is C26H25FN4O3. The Morgan fingerprint density at radius 1 is 0.912 bits per heavy atom. The topological polar surface area (TPSA) is 69.5 Å². The molecule has 34 heavy (non-hydrogen) atoms. The highest BCUT2D eigenvalue weighted by Crippen LogP contribution is 2.24. The molecule has 0 atom stereocenters. The van der Waals surface area contributed by atoms with Crippen LogP contribution >= 0.6 is 0 Å². The second-order valence-electron chi connectivity index (χ2n) is 8.24. The number of ether oxygens (including phenoxy) is 2. The first-order chi connectivity index (χ1) is 16.6. The quantitative estimate of drug-likeness (QED) is 0.457. The molecule has 8 heteroatoms. The van der Waals surface area contributed by atoms with E-state index in [0.29, 0.717) is 45.1 Å². The van der Waals surface area contributed by atoms with Crippen LogP contribution in [0.2, 0.25) is 0 Å². The maximum absolute atomic E-state index is 13.9. The Labute approximate surface area is 196 Å². The summed E-state index contributed by atoms with van der Waals surface area (Å²) in [6.07, 6.45) is 0.527. The van der Waals surface area contributed by atoms with E-state index in [1.54, 1.807) is 11.0 Å². The average Bonchev–Trinajstić information content (AvgIpc) is 3.23. The molecule has 4 aromatic rings. The Hall–Kier alpha value is -3.78. The fourth-order valence-electron chi connectivity index (χ4n) is 4.08. The zero-order valence-corrected chi connectivity index (χ0v) is 18.7. The molecule has 3 aromatic carbocycles. The summed E-state index contributed by atoms with van der Waals surface area (Å²) < 4.78 is 25.5. The molecule has 0 unspecified atom stereocenters. The van der Waals surface area contributed by atoms with E-state index in [4.69, 9.17) is 9.47 Å². The molecular weight excluding hydrogens is 435 g/mol. The monoisotopic (exact) mass is 460 g/mol. The summed E-state index contributed by atoms with van der Waals surface area (Å²) in [6.45, 7) is 2.01. The van der Waals surface area contributed by atoms with Crippen LogP contribution in [-0.2, 0) is 29.0 Å². The van der Waals surface area contributed by atoms with Gasteiger partial charge in [0, 0.05) is 25.1 Å². The highest BCUT2D eigenvalue weighted by atomic mass is 19.1. The van der Waals surface area contributed by atoms with Crippen LogP contribution in [0.1, 0.15) is 16.7 Å². The molecule has 0 radical (unpaired) electrons. The Kier molecular flexibility index (Phi) is 6.49. The molecule has 1 amide bonds. The highest BCUT2D eigenvalue weighted by Gasteiger charge is 2.17. The first-order valence-electron chi connectivity index (χ1n) is 11.3. The Morgan fingerprint density at radius 3 is 2.53 bits per heavy atom. The van der Waals surface area contributed by atoms with Gasteiger partial charge in [0.1, 0.15) is 35.8 Å². The smallest absolute Gasteiger partial charge is 0.246 e. The van der Waals surface area contributed by atoms with Crippen molar-refractivity contribution in [3.8, 4) is 5.75 Å². The van der Waals surface area contributed by atoms with Gasteiger partial charge in [0.25, 0.3) is 0 Å². The zero-order chi connectivity index (χ0) is 23.3. The van der Waals surface area contributed by atoms with Gasteiger partial charge in [-0.1, -0.05) is 36.4 Å². The minimum absolute atomic E-state index is 0.0458. The summed E-state index contributed by atoms with van der Waals surface area (Å²) in [5, 5.41) is 8.81. The number of halogens is 1. The van der Waals surface area contributed by atoms with Crippen LogP contribution in [0.15, 0.2) is 66.7 Å². The molecule has 0 saturated carbocycles. The third kappa shape index (κ3) is 5.23. The number of carbonyl (C=O) groups excluding carboxylic acids is 1. The van der Waals surface area contributed by atoms with Crippen molar-refractivity contribution in [2.45, 2.75) is 19.5 Å². The molecule has 0 fully saturated rings. The normalized spacial score (nSPS) is 14.8. The molecule has 0 spiro atoms. The van der Waals surface area contributed by atoms with Crippen molar-refractivity contribution in [3.05, 3.63) is 89.2 Å². The molecule has 2 bridgehead atoms. The van der Waals surface area contributed by atoms with Gasteiger partial charge in [-0.25, -0.2) is 4.39 Å². The third-order valence-electron chi connectivity index (χ3n) is 5.73. The molecule has 0 saturated heterocycles. The van der Waals surface area contributed by atoms with E-state index in [2.05, 4.69) is 10.2 Å². The summed E-state index contributed by atoms with van der Waals surface area (Å²) in [7, 11) is 0. The van der Waals surface area contributed by atoms with Gasteiger partial charge in [0.15, 0.2) is 0 Å². The lowest BCUT2D eigenvalue weighted by atomic mass is 10.0. The standard InChI is InChI=1S/C26H25FN4O3/c27-22-8-9-25-21(16-22)15-19-4-3-5-20(14-19)17-30(10-11-33-12-13-34-25)26(32)18-31-28-23-6-1-2-7-24(23)29-31/h1-9,14,16H,10-13,15,17-18H2. The molecule has 174 valence electrons. The largest absolute Gasteiger partial charge is 0.491 e. The van der Waals surface area contributed by atoms with E-state index in [0.717, 1.165) is 27.7 Å². The lowest BCUT2D eigenvalue weighted by Gasteiger charge is -2.23. The van der Waals surface area contributed by atoms with E-state index in [1.165, 1.54) is 16.9 Å². The van der Waals surface area contributed by atoms with Crippen LogP contribution in [0, 0.1) is 5.82 Å². The van der Waals surface area contributed by atoms with Crippen molar-refractivity contribution < 1.29 is 18.7 Å². The van der Waals surface area contributed by atoms with Crippen molar-refractivity contribution in [2.24, 2.45) is 0 Å². The summed E-state index contributed by atoms with van der Waals surface area (Å²) in [6, 6.07) is 20.1. The van der Waals surface area contributed by atoms with E-state index in [-0.39, 0.29) is 18.3 Å². The number of rotatable bonds is 2. The van der Waals surface area contributed by atoms with Gasteiger partial charge in [-0.05, 0) is 41.5 Å². The molecule has 1 aliphatic heterocycles. The number of benzene rings is 3. The number of amides is 1. The molecule has 1 aromatic heterocycles. The first kappa shape index (κ1) is 22.0. The number of hydrogen-bond donors (Lipinski definition) is 0. The van der Waals surface area contributed by atoms with Crippen molar-refractivity contribution in [2.75, 3.05) is 26.4 Å². The lowest BCUT2D eigenvalue weighted by Crippen LogP contribution is -2.36. The maximum atomic E-state index is 13.9.